The van der Waals surface area contributed by atoms with Crippen LogP contribution in [0.15, 0.2) is 47.7 Å². The highest BCUT2D eigenvalue weighted by atomic mass is 127. The van der Waals surface area contributed by atoms with Gasteiger partial charge in [0.25, 0.3) is 0 Å². The third-order valence-corrected chi connectivity index (χ3v) is 3.41. The van der Waals surface area contributed by atoms with Gasteiger partial charge in [-0.05, 0) is 30.5 Å². The van der Waals surface area contributed by atoms with Gasteiger partial charge in [-0.2, -0.15) is 5.10 Å². The highest BCUT2D eigenvalue weighted by Crippen LogP contribution is 2.11. The SMILES string of the molecule is CCOCCCNC(N)=NCc1ccccc1Cn1cccn1.I. The minimum atomic E-state index is 0. The Labute approximate surface area is 160 Å². The molecule has 0 saturated carbocycles. The van der Waals surface area contributed by atoms with Crippen molar-refractivity contribution in [3.63, 3.8) is 0 Å². The van der Waals surface area contributed by atoms with Crippen LogP contribution in [0.2, 0.25) is 0 Å². The van der Waals surface area contributed by atoms with Crippen LogP contribution < -0.4 is 11.1 Å². The molecule has 3 N–H and O–H groups in total. The lowest BCUT2D eigenvalue weighted by atomic mass is 10.1. The zero-order valence-corrected chi connectivity index (χ0v) is 16.3. The van der Waals surface area contributed by atoms with E-state index in [9.17, 15) is 0 Å². The van der Waals surface area contributed by atoms with Crippen LogP contribution in [-0.2, 0) is 17.8 Å². The Morgan fingerprint density at radius 2 is 2.08 bits per heavy atom. The minimum absolute atomic E-state index is 0. The van der Waals surface area contributed by atoms with Gasteiger partial charge in [0.1, 0.15) is 0 Å². The van der Waals surface area contributed by atoms with Crippen molar-refractivity contribution in [1.29, 1.82) is 0 Å². The molecule has 0 amide bonds. The zero-order chi connectivity index (χ0) is 16.3. The monoisotopic (exact) mass is 443 g/mol. The number of hydrogen-bond donors (Lipinski definition) is 2. The van der Waals surface area contributed by atoms with Crippen LogP contribution in [0.1, 0.15) is 24.5 Å². The second-order valence-corrected chi connectivity index (χ2v) is 5.15. The Balaban J connectivity index is 0.00000288. The number of nitrogens with zero attached hydrogens (tertiary/aromatic N) is 3. The van der Waals surface area contributed by atoms with Crippen molar-refractivity contribution in [2.45, 2.75) is 26.4 Å². The second-order valence-electron chi connectivity index (χ2n) is 5.15. The van der Waals surface area contributed by atoms with Gasteiger partial charge >= 0.3 is 0 Å². The number of hydrogen-bond acceptors (Lipinski definition) is 3. The number of aliphatic imine (C=N–C) groups is 1. The number of halogens is 1. The third-order valence-electron chi connectivity index (χ3n) is 3.41. The molecule has 1 heterocycles. The third kappa shape index (κ3) is 7.31. The van der Waals surface area contributed by atoms with E-state index in [1.807, 2.05) is 36.0 Å². The van der Waals surface area contributed by atoms with Gasteiger partial charge in [0.05, 0.1) is 13.1 Å². The van der Waals surface area contributed by atoms with Crippen molar-refractivity contribution in [3.8, 4) is 0 Å². The van der Waals surface area contributed by atoms with E-state index in [1.54, 1.807) is 6.20 Å². The van der Waals surface area contributed by atoms with Crippen LogP contribution in [0.4, 0.5) is 0 Å². The van der Waals surface area contributed by atoms with Gasteiger partial charge in [0, 0.05) is 32.2 Å². The zero-order valence-electron chi connectivity index (χ0n) is 14.0. The first-order chi connectivity index (χ1) is 11.3. The first kappa shape index (κ1) is 20.4. The molecule has 0 aliphatic heterocycles. The number of ether oxygens (including phenoxy) is 1. The van der Waals surface area contributed by atoms with Crippen molar-refractivity contribution >= 4 is 29.9 Å². The maximum absolute atomic E-state index is 5.90. The van der Waals surface area contributed by atoms with Crippen LogP contribution in [-0.4, -0.2) is 35.5 Å². The summed E-state index contributed by atoms with van der Waals surface area (Å²) in [6.45, 7) is 5.54. The topological polar surface area (TPSA) is 77.5 Å². The van der Waals surface area contributed by atoms with E-state index in [4.69, 9.17) is 10.5 Å². The van der Waals surface area contributed by atoms with E-state index in [2.05, 4.69) is 27.5 Å². The van der Waals surface area contributed by atoms with Crippen LogP contribution in [0.5, 0.6) is 0 Å². The molecule has 0 atom stereocenters. The Kier molecular flexibility index (Phi) is 10.1. The summed E-state index contributed by atoms with van der Waals surface area (Å²) in [7, 11) is 0. The normalized spacial score (nSPS) is 11.1. The quantitative estimate of drug-likeness (QED) is 0.270. The number of nitrogens with one attached hydrogen (secondary N) is 1. The lowest BCUT2D eigenvalue weighted by Crippen LogP contribution is -2.32. The fraction of sp³-hybridized carbons (Fsp3) is 0.412. The molecule has 132 valence electrons. The molecule has 7 heteroatoms. The summed E-state index contributed by atoms with van der Waals surface area (Å²) in [5, 5.41) is 7.35. The molecule has 0 fully saturated rings. The highest BCUT2D eigenvalue weighted by Gasteiger charge is 2.02. The van der Waals surface area contributed by atoms with Gasteiger partial charge in [-0.25, -0.2) is 4.99 Å². The van der Waals surface area contributed by atoms with Crippen molar-refractivity contribution in [1.82, 2.24) is 15.1 Å². The molecule has 1 aromatic carbocycles. The van der Waals surface area contributed by atoms with Gasteiger partial charge in [-0.3, -0.25) is 4.68 Å². The summed E-state index contributed by atoms with van der Waals surface area (Å²) in [4.78, 5) is 4.41. The molecule has 6 nitrogen and oxygen atoms in total. The van der Waals surface area contributed by atoms with E-state index in [-0.39, 0.29) is 24.0 Å². The fourth-order valence-corrected chi connectivity index (χ4v) is 2.20. The van der Waals surface area contributed by atoms with Crippen LogP contribution >= 0.6 is 24.0 Å². The Bertz CT molecular complexity index is 601. The molecule has 0 unspecified atom stereocenters. The predicted octanol–water partition coefficient (Wildman–Crippen LogP) is 2.38. The number of benzene rings is 1. The molecule has 0 aliphatic rings. The molecule has 0 spiro atoms. The largest absolute Gasteiger partial charge is 0.382 e. The van der Waals surface area contributed by atoms with Gasteiger partial charge in [0.15, 0.2) is 5.96 Å². The first-order valence-corrected chi connectivity index (χ1v) is 7.95. The number of nitrogens with two attached hydrogens (primary N) is 1. The van der Waals surface area contributed by atoms with Crippen LogP contribution in [0.25, 0.3) is 0 Å². The van der Waals surface area contributed by atoms with Crippen molar-refractivity contribution in [3.05, 3.63) is 53.9 Å². The van der Waals surface area contributed by atoms with Crippen LogP contribution in [0.3, 0.4) is 0 Å². The average Bonchev–Trinajstić information content (AvgIpc) is 3.07. The van der Waals surface area contributed by atoms with Gasteiger partial charge in [0.2, 0.25) is 0 Å². The summed E-state index contributed by atoms with van der Waals surface area (Å²) < 4.78 is 7.18. The van der Waals surface area contributed by atoms with Gasteiger partial charge in [-0.1, -0.05) is 24.3 Å². The molecule has 0 aliphatic carbocycles. The van der Waals surface area contributed by atoms with Crippen LogP contribution in [0, 0.1) is 0 Å². The maximum Gasteiger partial charge on any atom is 0.188 e. The molecule has 0 bridgehead atoms. The van der Waals surface area contributed by atoms with E-state index < -0.39 is 0 Å². The number of guanidine groups is 1. The smallest absolute Gasteiger partial charge is 0.188 e. The van der Waals surface area contributed by atoms with Crippen molar-refractivity contribution in [2.75, 3.05) is 19.8 Å². The summed E-state index contributed by atoms with van der Waals surface area (Å²) in [6.07, 6.45) is 4.65. The van der Waals surface area contributed by atoms with E-state index in [0.717, 1.165) is 38.3 Å². The maximum atomic E-state index is 5.90. The fourth-order valence-electron chi connectivity index (χ4n) is 2.20. The molecule has 24 heavy (non-hydrogen) atoms. The standard InChI is InChI=1S/C17H25N5O.HI/c1-2-23-12-6-9-19-17(18)20-13-15-7-3-4-8-16(15)14-22-11-5-10-21-22;/h3-5,7-8,10-11H,2,6,9,12-14H2,1H3,(H3,18,19,20);1H. The Morgan fingerprint density at radius 1 is 1.29 bits per heavy atom. The number of rotatable bonds is 9. The summed E-state index contributed by atoms with van der Waals surface area (Å²) >= 11 is 0. The number of aromatic nitrogens is 2. The van der Waals surface area contributed by atoms with Gasteiger partial charge in [-0.15, -0.1) is 24.0 Å². The lowest BCUT2D eigenvalue weighted by Gasteiger charge is -2.09. The second kappa shape index (κ2) is 11.9. The highest BCUT2D eigenvalue weighted by molar-refractivity contribution is 14.0. The Morgan fingerprint density at radius 3 is 2.79 bits per heavy atom. The van der Waals surface area contributed by atoms with Crippen molar-refractivity contribution < 1.29 is 4.74 Å². The minimum Gasteiger partial charge on any atom is -0.382 e. The van der Waals surface area contributed by atoms with E-state index in [1.165, 1.54) is 5.56 Å². The molecular formula is C17H26IN5O. The molecule has 2 aromatic rings. The summed E-state index contributed by atoms with van der Waals surface area (Å²) in [5.74, 6) is 0.468. The summed E-state index contributed by atoms with van der Waals surface area (Å²) in [5.41, 5.74) is 8.26. The van der Waals surface area contributed by atoms with E-state index >= 15 is 0 Å². The van der Waals surface area contributed by atoms with Gasteiger partial charge < -0.3 is 15.8 Å². The van der Waals surface area contributed by atoms with E-state index in [0.29, 0.717) is 12.5 Å². The lowest BCUT2D eigenvalue weighted by molar-refractivity contribution is 0.145. The average molecular weight is 443 g/mol. The predicted molar refractivity (Wildman–Crippen MR) is 108 cm³/mol. The van der Waals surface area contributed by atoms with Crippen molar-refractivity contribution in [2.24, 2.45) is 10.7 Å². The molecule has 0 radical (unpaired) electrons. The Hall–Kier alpha value is -1.61. The molecular weight excluding hydrogens is 417 g/mol. The molecule has 0 saturated heterocycles. The molecule has 1 aromatic heterocycles. The summed E-state index contributed by atoms with van der Waals surface area (Å²) in [6, 6.07) is 10.1. The molecule has 2 rings (SSSR count). The first-order valence-electron chi connectivity index (χ1n) is 7.95.